The topological polar surface area (TPSA) is 91.8 Å². The molecule has 0 aromatic carbocycles. The number of piperidine rings is 1. The molecule has 1 aliphatic heterocycles. The van der Waals surface area contributed by atoms with Crippen molar-refractivity contribution in [2.45, 2.75) is 38.8 Å². The van der Waals surface area contributed by atoms with Crippen molar-refractivity contribution in [1.82, 2.24) is 15.2 Å². The van der Waals surface area contributed by atoms with Gasteiger partial charge in [0.1, 0.15) is 0 Å². The number of carbonyl (C=O) groups is 2. The molecule has 1 aromatic heterocycles. The average Bonchev–Trinajstić information content (AvgIpc) is 2.60. The van der Waals surface area contributed by atoms with E-state index in [-0.39, 0.29) is 25.1 Å². The van der Waals surface area contributed by atoms with Gasteiger partial charge in [-0.05, 0) is 38.3 Å². The minimum Gasteiger partial charge on any atom is -0.450 e. The first-order valence-electron chi connectivity index (χ1n) is 7.93. The number of hydrogen-bond donors (Lipinski definition) is 2. The standard InChI is InChI=1S/C16H23N3O4/c1-2-23-16(22)18-10-13-9-12(6-7-17-13)15(21)19-8-4-3-5-14(19)11-20/h6-7,9,14,20H,2-5,8,10-11H2,1H3,(H,18,22). The molecule has 2 rings (SSSR count). The van der Waals surface area contributed by atoms with Crippen LogP contribution in [0.4, 0.5) is 4.79 Å². The SMILES string of the molecule is CCOC(=O)NCc1cc(C(=O)N2CCCCC2CO)ccn1. The summed E-state index contributed by atoms with van der Waals surface area (Å²) in [5.41, 5.74) is 1.10. The van der Waals surface area contributed by atoms with Crippen LogP contribution in [0.25, 0.3) is 0 Å². The van der Waals surface area contributed by atoms with Gasteiger partial charge in [-0.2, -0.15) is 0 Å². The minimum atomic E-state index is -0.512. The lowest BCUT2D eigenvalue weighted by Crippen LogP contribution is -2.45. The van der Waals surface area contributed by atoms with Gasteiger partial charge in [-0.1, -0.05) is 0 Å². The largest absolute Gasteiger partial charge is 0.450 e. The Hall–Kier alpha value is -2.15. The molecule has 2 N–H and O–H groups in total. The zero-order valence-corrected chi connectivity index (χ0v) is 13.3. The number of hydrogen-bond acceptors (Lipinski definition) is 5. The van der Waals surface area contributed by atoms with Crippen LogP contribution in [0.1, 0.15) is 42.2 Å². The van der Waals surface area contributed by atoms with Gasteiger partial charge in [0, 0.05) is 18.3 Å². The maximum atomic E-state index is 12.6. The molecule has 0 spiro atoms. The average molecular weight is 321 g/mol. The summed E-state index contributed by atoms with van der Waals surface area (Å²) in [6.07, 6.45) is 3.84. The molecule has 7 nitrogen and oxygen atoms in total. The van der Waals surface area contributed by atoms with Crippen LogP contribution < -0.4 is 5.32 Å². The fourth-order valence-corrected chi connectivity index (χ4v) is 2.68. The Balaban J connectivity index is 2.03. The summed E-state index contributed by atoms with van der Waals surface area (Å²) in [6, 6.07) is 3.20. The van der Waals surface area contributed by atoms with E-state index in [4.69, 9.17) is 4.74 Å². The number of ether oxygens (including phenoxy) is 1. The molecule has 1 atom stereocenters. The molecule has 1 aromatic rings. The van der Waals surface area contributed by atoms with Crippen molar-refractivity contribution >= 4 is 12.0 Å². The summed E-state index contributed by atoms with van der Waals surface area (Å²) in [5, 5.41) is 12.0. The Morgan fingerprint density at radius 2 is 2.30 bits per heavy atom. The second-order valence-electron chi connectivity index (χ2n) is 5.44. The Morgan fingerprint density at radius 3 is 3.04 bits per heavy atom. The summed E-state index contributed by atoms with van der Waals surface area (Å²) < 4.78 is 4.78. The van der Waals surface area contributed by atoms with Crippen LogP contribution in [0.3, 0.4) is 0 Å². The first kappa shape index (κ1) is 17.2. The number of alkyl carbamates (subject to hydrolysis) is 1. The van der Waals surface area contributed by atoms with Crippen LogP contribution >= 0.6 is 0 Å². The van der Waals surface area contributed by atoms with Gasteiger partial charge in [0.25, 0.3) is 5.91 Å². The molecular weight excluding hydrogens is 298 g/mol. The van der Waals surface area contributed by atoms with E-state index in [1.54, 1.807) is 30.2 Å². The summed E-state index contributed by atoms with van der Waals surface area (Å²) in [6.45, 7) is 2.86. The molecule has 0 aliphatic carbocycles. The molecule has 1 saturated heterocycles. The molecule has 1 unspecified atom stereocenters. The highest BCUT2D eigenvalue weighted by atomic mass is 16.5. The Labute approximate surface area is 135 Å². The Bertz CT molecular complexity index is 550. The summed E-state index contributed by atoms with van der Waals surface area (Å²) in [7, 11) is 0. The van der Waals surface area contributed by atoms with Crippen molar-refractivity contribution in [3.63, 3.8) is 0 Å². The fraction of sp³-hybridized carbons (Fsp3) is 0.562. The van der Waals surface area contributed by atoms with Crippen LogP contribution in [0.15, 0.2) is 18.3 Å². The van der Waals surface area contributed by atoms with Crippen molar-refractivity contribution in [3.05, 3.63) is 29.6 Å². The lowest BCUT2D eigenvalue weighted by molar-refractivity contribution is 0.0503. The molecule has 23 heavy (non-hydrogen) atoms. The molecule has 2 amide bonds. The summed E-state index contributed by atoms with van der Waals surface area (Å²) in [5.74, 6) is -0.108. The maximum absolute atomic E-state index is 12.6. The smallest absolute Gasteiger partial charge is 0.407 e. The van der Waals surface area contributed by atoms with Gasteiger partial charge in [-0.25, -0.2) is 4.79 Å². The van der Waals surface area contributed by atoms with Gasteiger partial charge in [0.2, 0.25) is 0 Å². The van der Waals surface area contributed by atoms with Gasteiger partial charge >= 0.3 is 6.09 Å². The Morgan fingerprint density at radius 1 is 1.48 bits per heavy atom. The molecule has 126 valence electrons. The quantitative estimate of drug-likeness (QED) is 0.853. The number of aromatic nitrogens is 1. The van der Waals surface area contributed by atoms with E-state index in [1.807, 2.05) is 0 Å². The van der Waals surface area contributed by atoms with E-state index in [9.17, 15) is 14.7 Å². The van der Waals surface area contributed by atoms with E-state index >= 15 is 0 Å². The maximum Gasteiger partial charge on any atom is 0.407 e. The summed E-state index contributed by atoms with van der Waals surface area (Å²) >= 11 is 0. The second-order valence-corrected chi connectivity index (χ2v) is 5.44. The molecule has 0 radical (unpaired) electrons. The van der Waals surface area contributed by atoms with E-state index < -0.39 is 6.09 Å². The van der Waals surface area contributed by atoms with Crippen LogP contribution in [-0.4, -0.2) is 52.8 Å². The number of amides is 2. The number of pyridine rings is 1. The molecule has 2 heterocycles. The number of rotatable bonds is 5. The molecule has 7 heteroatoms. The van der Waals surface area contributed by atoms with Crippen molar-refractivity contribution in [1.29, 1.82) is 0 Å². The van der Waals surface area contributed by atoms with Crippen molar-refractivity contribution < 1.29 is 19.4 Å². The lowest BCUT2D eigenvalue weighted by Gasteiger charge is -2.34. The van der Waals surface area contributed by atoms with Crippen LogP contribution in [-0.2, 0) is 11.3 Å². The second kappa shape index (κ2) is 8.47. The van der Waals surface area contributed by atoms with Gasteiger partial charge in [-0.3, -0.25) is 9.78 Å². The molecule has 0 saturated carbocycles. The lowest BCUT2D eigenvalue weighted by atomic mass is 10.0. The van der Waals surface area contributed by atoms with Crippen LogP contribution in [0, 0.1) is 0 Å². The van der Waals surface area contributed by atoms with Crippen LogP contribution in [0.5, 0.6) is 0 Å². The molecular formula is C16H23N3O4. The molecule has 0 bridgehead atoms. The molecule has 1 fully saturated rings. The summed E-state index contributed by atoms with van der Waals surface area (Å²) in [4.78, 5) is 29.8. The molecule has 1 aliphatic rings. The number of nitrogens with one attached hydrogen (secondary N) is 1. The van der Waals surface area contributed by atoms with E-state index in [2.05, 4.69) is 10.3 Å². The third-order valence-electron chi connectivity index (χ3n) is 3.85. The monoisotopic (exact) mass is 321 g/mol. The van der Waals surface area contributed by atoms with Gasteiger partial charge in [0.15, 0.2) is 0 Å². The predicted octanol–water partition coefficient (Wildman–Crippen LogP) is 1.31. The zero-order valence-electron chi connectivity index (χ0n) is 13.3. The van der Waals surface area contributed by atoms with Gasteiger partial charge in [0.05, 0.1) is 31.5 Å². The zero-order chi connectivity index (χ0) is 16.7. The van der Waals surface area contributed by atoms with Crippen molar-refractivity contribution in [2.75, 3.05) is 19.8 Å². The highest BCUT2D eigenvalue weighted by molar-refractivity contribution is 5.94. The number of likely N-dealkylation sites (tertiary alicyclic amines) is 1. The van der Waals surface area contributed by atoms with E-state index in [0.29, 0.717) is 24.4 Å². The van der Waals surface area contributed by atoms with E-state index in [1.165, 1.54) is 0 Å². The third kappa shape index (κ3) is 4.66. The normalized spacial score (nSPS) is 17.7. The third-order valence-corrected chi connectivity index (χ3v) is 3.85. The minimum absolute atomic E-state index is 0.0197. The number of nitrogens with zero attached hydrogens (tertiary/aromatic N) is 2. The predicted molar refractivity (Wildman–Crippen MR) is 83.9 cm³/mol. The highest BCUT2D eigenvalue weighted by Gasteiger charge is 2.27. The van der Waals surface area contributed by atoms with Crippen molar-refractivity contribution in [2.24, 2.45) is 0 Å². The van der Waals surface area contributed by atoms with Gasteiger partial charge < -0.3 is 20.1 Å². The van der Waals surface area contributed by atoms with E-state index in [0.717, 1.165) is 19.3 Å². The highest BCUT2D eigenvalue weighted by Crippen LogP contribution is 2.19. The van der Waals surface area contributed by atoms with Gasteiger partial charge in [-0.15, -0.1) is 0 Å². The Kier molecular flexibility index (Phi) is 6.34. The number of aliphatic hydroxyl groups is 1. The van der Waals surface area contributed by atoms with Crippen LogP contribution in [0.2, 0.25) is 0 Å². The first-order valence-corrected chi connectivity index (χ1v) is 7.93. The first-order chi connectivity index (χ1) is 11.2. The number of carbonyl (C=O) groups excluding carboxylic acids is 2. The fourth-order valence-electron chi connectivity index (χ4n) is 2.68. The number of aliphatic hydroxyl groups excluding tert-OH is 1. The van der Waals surface area contributed by atoms with Crippen molar-refractivity contribution in [3.8, 4) is 0 Å².